The summed E-state index contributed by atoms with van der Waals surface area (Å²) in [4.78, 5) is 12.8. The Hall–Kier alpha value is -1.71. The Morgan fingerprint density at radius 1 is 1.32 bits per heavy atom. The minimum atomic E-state index is -0.465. The number of carbonyl (C=O) groups is 1. The van der Waals surface area contributed by atoms with E-state index in [1.54, 1.807) is 6.92 Å². The third kappa shape index (κ3) is 3.49. The minimum Gasteiger partial charge on any atom is -0.393 e. The summed E-state index contributed by atoms with van der Waals surface area (Å²) in [6.45, 7) is 3.64. The van der Waals surface area contributed by atoms with Crippen LogP contribution in [-0.2, 0) is 11.2 Å². The van der Waals surface area contributed by atoms with Gasteiger partial charge in [-0.25, -0.2) is 0 Å². The average molecular weight is 340 g/mol. The average Bonchev–Trinajstić information content (AvgIpc) is 2.59. The highest BCUT2D eigenvalue weighted by molar-refractivity contribution is 6.09. The minimum absolute atomic E-state index is 0.0911. The second-order valence-electron chi connectivity index (χ2n) is 7.65. The highest BCUT2D eigenvalue weighted by Crippen LogP contribution is 2.52. The standard InChI is InChI=1S/C22H28O3/c1-15(23)11-12-18-14-22(13-17-7-4-3-5-8-17)19(16(2)21(18)25)9-6-10-20(22)24/h3-5,7-8,12,15,20,23-24H,6,9-11,13-14H2,1-2H3/t15?,20-,22-/m0/s1. The van der Waals surface area contributed by atoms with Crippen molar-refractivity contribution in [2.75, 3.05) is 0 Å². The van der Waals surface area contributed by atoms with Gasteiger partial charge in [0.25, 0.3) is 0 Å². The van der Waals surface area contributed by atoms with Gasteiger partial charge in [0.2, 0.25) is 0 Å². The van der Waals surface area contributed by atoms with Gasteiger partial charge < -0.3 is 10.2 Å². The van der Waals surface area contributed by atoms with Crippen LogP contribution in [0.15, 0.2) is 53.1 Å². The summed E-state index contributed by atoms with van der Waals surface area (Å²) in [6.07, 6.45) is 5.38. The van der Waals surface area contributed by atoms with E-state index < -0.39 is 12.2 Å². The van der Waals surface area contributed by atoms with Crippen molar-refractivity contribution in [1.82, 2.24) is 0 Å². The number of fused-ring (bicyclic) bond motifs is 1. The number of aliphatic hydroxyl groups is 2. The molecule has 3 heteroatoms. The molecule has 2 aliphatic carbocycles. The van der Waals surface area contributed by atoms with Crippen LogP contribution in [-0.4, -0.2) is 28.2 Å². The van der Waals surface area contributed by atoms with E-state index >= 15 is 0 Å². The number of ketones is 1. The monoisotopic (exact) mass is 340 g/mol. The fourth-order valence-electron chi connectivity index (χ4n) is 4.51. The lowest BCUT2D eigenvalue weighted by Crippen LogP contribution is -2.46. The van der Waals surface area contributed by atoms with Gasteiger partial charge in [0.1, 0.15) is 0 Å². The quantitative estimate of drug-likeness (QED) is 0.821. The van der Waals surface area contributed by atoms with Gasteiger partial charge in [-0.3, -0.25) is 4.79 Å². The van der Waals surface area contributed by atoms with E-state index in [1.807, 2.05) is 31.2 Å². The molecule has 0 saturated heterocycles. The van der Waals surface area contributed by atoms with Gasteiger partial charge >= 0.3 is 0 Å². The molecule has 2 N–H and O–H groups in total. The molecule has 1 saturated carbocycles. The van der Waals surface area contributed by atoms with Crippen molar-refractivity contribution in [3.63, 3.8) is 0 Å². The molecule has 134 valence electrons. The number of aliphatic hydroxyl groups excluding tert-OH is 2. The number of hydrogen-bond donors (Lipinski definition) is 2. The molecule has 1 fully saturated rings. The zero-order valence-corrected chi connectivity index (χ0v) is 15.2. The number of rotatable bonds is 4. The van der Waals surface area contributed by atoms with E-state index in [-0.39, 0.29) is 11.2 Å². The highest BCUT2D eigenvalue weighted by Gasteiger charge is 2.48. The van der Waals surface area contributed by atoms with Crippen molar-refractivity contribution in [3.8, 4) is 0 Å². The first-order valence-electron chi connectivity index (χ1n) is 9.28. The maximum absolute atomic E-state index is 12.8. The summed E-state index contributed by atoms with van der Waals surface area (Å²) in [5.74, 6) is 0.0911. The second-order valence-corrected chi connectivity index (χ2v) is 7.65. The van der Waals surface area contributed by atoms with Crippen molar-refractivity contribution in [3.05, 3.63) is 58.7 Å². The first-order valence-corrected chi connectivity index (χ1v) is 9.28. The third-order valence-electron chi connectivity index (χ3n) is 5.80. The molecule has 25 heavy (non-hydrogen) atoms. The third-order valence-corrected chi connectivity index (χ3v) is 5.80. The normalized spacial score (nSPS) is 29.7. The molecule has 1 aromatic carbocycles. The molecular weight excluding hydrogens is 312 g/mol. The lowest BCUT2D eigenvalue weighted by Gasteiger charge is -2.48. The molecule has 0 bridgehead atoms. The van der Waals surface area contributed by atoms with Crippen LogP contribution in [0.4, 0.5) is 0 Å². The largest absolute Gasteiger partial charge is 0.393 e. The van der Waals surface area contributed by atoms with Crippen LogP contribution in [0.25, 0.3) is 0 Å². The van der Waals surface area contributed by atoms with Crippen molar-refractivity contribution in [2.45, 2.75) is 64.6 Å². The van der Waals surface area contributed by atoms with Crippen molar-refractivity contribution < 1.29 is 15.0 Å². The molecule has 2 aliphatic rings. The topological polar surface area (TPSA) is 57.5 Å². The molecule has 3 rings (SSSR count). The van der Waals surface area contributed by atoms with E-state index in [1.165, 1.54) is 5.56 Å². The molecular formula is C22H28O3. The number of allylic oxidation sites excluding steroid dienone is 2. The number of benzene rings is 1. The molecule has 0 heterocycles. The van der Waals surface area contributed by atoms with E-state index in [9.17, 15) is 15.0 Å². The Kier molecular flexibility index (Phi) is 5.26. The van der Waals surface area contributed by atoms with E-state index in [0.717, 1.165) is 42.4 Å². The SMILES string of the molecule is CC1=C2CCC[C@H](O)[C@@]2(Cc2ccccc2)CC(=CCC(C)O)C1=O. The second kappa shape index (κ2) is 7.27. The molecule has 0 spiro atoms. The smallest absolute Gasteiger partial charge is 0.184 e. The van der Waals surface area contributed by atoms with Gasteiger partial charge in [0, 0.05) is 5.41 Å². The first kappa shape index (κ1) is 18.1. The molecule has 0 amide bonds. The van der Waals surface area contributed by atoms with Crippen LogP contribution in [0.2, 0.25) is 0 Å². The van der Waals surface area contributed by atoms with Gasteiger partial charge in [-0.15, -0.1) is 0 Å². The van der Waals surface area contributed by atoms with Crippen molar-refractivity contribution in [2.24, 2.45) is 5.41 Å². The Labute approximate surface area is 150 Å². The van der Waals surface area contributed by atoms with E-state index in [2.05, 4.69) is 12.1 Å². The van der Waals surface area contributed by atoms with Crippen LogP contribution >= 0.6 is 0 Å². The summed E-state index contributed by atoms with van der Waals surface area (Å²) >= 11 is 0. The van der Waals surface area contributed by atoms with Crippen molar-refractivity contribution >= 4 is 5.78 Å². The fraction of sp³-hybridized carbons (Fsp3) is 0.500. The lowest BCUT2D eigenvalue weighted by molar-refractivity contribution is -0.113. The number of carbonyl (C=O) groups excluding carboxylic acids is 1. The summed E-state index contributed by atoms with van der Waals surface area (Å²) in [6, 6.07) is 10.2. The zero-order chi connectivity index (χ0) is 18.0. The number of hydrogen-bond acceptors (Lipinski definition) is 3. The van der Waals surface area contributed by atoms with Gasteiger partial charge in [0.15, 0.2) is 5.78 Å². The van der Waals surface area contributed by atoms with Crippen molar-refractivity contribution in [1.29, 1.82) is 0 Å². The summed E-state index contributed by atoms with van der Waals surface area (Å²) in [5, 5.41) is 20.6. The maximum atomic E-state index is 12.8. The molecule has 3 nitrogen and oxygen atoms in total. The lowest BCUT2D eigenvalue weighted by atomic mass is 9.57. The van der Waals surface area contributed by atoms with Crippen LogP contribution in [0.3, 0.4) is 0 Å². The van der Waals surface area contributed by atoms with Gasteiger partial charge in [0.05, 0.1) is 12.2 Å². The zero-order valence-electron chi connectivity index (χ0n) is 15.2. The highest BCUT2D eigenvalue weighted by atomic mass is 16.3. The van der Waals surface area contributed by atoms with Gasteiger partial charge in [-0.1, -0.05) is 42.0 Å². The van der Waals surface area contributed by atoms with Crippen LogP contribution in [0.5, 0.6) is 0 Å². The molecule has 0 aromatic heterocycles. The Balaban J connectivity index is 2.05. The van der Waals surface area contributed by atoms with E-state index in [4.69, 9.17) is 0 Å². The molecule has 1 aromatic rings. The molecule has 3 atom stereocenters. The van der Waals surface area contributed by atoms with Crippen LogP contribution in [0.1, 0.15) is 51.5 Å². The Morgan fingerprint density at radius 2 is 2.04 bits per heavy atom. The predicted molar refractivity (Wildman–Crippen MR) is 99.1 cm³/mol. The fourth-order valence-corrected chi connectivity index (χ4v) is 4.51. The first-order chi connectivity index (χ1) is 11.9. The number of Topliss-reactive ketones (excluding diaryl/α,β-unsaturated/α-hetero) is 1. The van der Waals surface area contributed by atoms with Crippen LogP contribution < -0.4 is 0 Å². The summed E-state index contributed by atoms with van der Waals surface area (Å²) < 4.78 is 0. The van der Waals surface area contributed by atoms with Crippen LogP contribution in [0, 0.1) is 5.41 Å². The Bertz CT molecular complexity index is 699. The van der Waals surface area contributed by atoms with E-state index in [0.29, 0.717) is 12.8 Å². The predicted octanol–water partition coefficient (Wildman–Crippen LogP) is 3.75. The summed E-state index contributed by atoms with van der Waals surface area (Å²) in [5.41, 5.74) is 3.51. The Morgan fingerprint density at radius 3 is 2.72 bits per heavy atom. The van der Waals surface area contributed by atoms with Gasteiger partial charge in [-0.2, -0.15) is 0 Å². The summed E-state index contributed by atoms with van der Waals surface area (Å²) in [7, 11) is 0. The maximum Gasteiger partial charge on any atom is 0.184 e. The van der Waals surface area contributed by atoms with Gasteiger partial charge in [-0.05, 0) is 69.1 Å². The molecule has 0 radical (unpaired) electrons. The molecule has 0 aliphatic heterocycles. The molecule has 1 unspecified atom stereocenters.